The van der Waals surface area contributed by atoms with Crippen LogP contribution in [0.3, 0.4) is 0 Å². The van der Waals surface area contributed by atoms with Gasteiger partial charge in [0.2, 0.25) is 0 Å². The van der Waals surface area contributed by atoms with Gasteiger partial charge in [0, 0.05) is 5.92 Å². The molecule has 74 valence electrons. The van der Waals surface area contributed by atoms with Gasteiger partial charge in [-0.25, -0.2) is 0 Å². The van der Waals surface area contributed by atoms with Gasteiger partial charge in [-0.05, 0) is 18.8 Å². The second kappa shape index (κ2) is 4.28. The Morgan fingerprint density at radius 3 is 2.62 bits per heavy atom. The lowest BCUT2D eigenvalue weighted by Crippen LogP contribution is -2.33. The maximum Gasteiger partial charge on any atom is 0.0667 e. The van der Waals surface area contributed by atoms with E-state index in [4.69, 9.17) is 4.74 Å². The van der Waals surface area contributed by atoms with Crippen molar-refractivity contribution in [2.75, 3.05) is 6.61 Å². The molecular weight excluding hydrogens is 160 g/mol. The van der Waals surface area contributed by atoms with Gasteiger partial charge in [0.1, 0.15) is 0 Å². The van der Waals surface area contributed by atoms with Gasteiger partial charge < -0.3 is 4.74 Å². The van der Waals surface area contributed by atoms with Gasteiger partial charge >= 0.3 is 0 Å². The summed E-state index contributed by atoms with van der Waals surface area (Å²) in [5.41, 5.74) is 0. The summed E-state index contributed by atoms with van der Waals surface area (Å²) in [5.74, 6) is 1.48. The van der Waals surface area contributed by atoms with Crippen LogP contribution in [0, 0.1) is 11.8 Å². The van der Waals surface area contributed by atoms with E-state index in [1.165, 1.54) is 32.1 Å². The molecule has 1 aliphatic heterocycles. The summed E-state index contributed by atoms with van der Waals surface area (Å²) in [4.78, 5) is 0. The molecule has 0 radical (unpaired) electrons. The van der Waals surface area contributed by atoms with E-state index in [1.54, 1.807) is 0 Å². The molecule has 0 N–H and O–H groups in total. The van der Waals surface area contributed by atoms with Gasteiger partial charge in [-0.1, -0.05) is 38.3 Å². The second-order valence-electron chi connectivity index (χ2n) is 4.48. The van der Waals surface area contributed by atoms with Gasteiger partial charge in [0.15, 0.2) is 0 Å². The van der Waals surface area contributed by atoms with E-state index in [9.17, 15) is 0 Å². The molecule has 2 aliphatic rings. The Labute approximate surface area is 81.2 Å². The Hall–Kier alpha value is -0.300. The third-order valence-electron chi connectivity index (χ3n) is 3.46. The molecule has 13 heavy (non-hydrogen) atoms. The Balaban J connectivity index is 1.94. The molecule has 0 saturated heterocycles. The summed E-state index contributed by atoms with van der Waals surface area (Å²) >= 11 is 0. The zero-order valence-electron chi connectivity index (χ0n) is 8.54. The molecule has 0 aromatic rings. The number of hydrogen-bond acceptors (Lipinski definition) is 1. The summed E-state index contributed by atoms with van der Waals surface area (Å²) in [6, 6.07) is 0. The Bertz CT molecular complexity index is 180. The van der Waals surface area contributed by atoms with Crippen molar-refractivity contribution in [1.82, 2.24) is 0 Å². The monoisotopic (exact) mass is 180 g/mol. The number of rotatable bonds is 1. The molecule has 0 aromatic carbocycles. The van der Waals surface area contributed by atoms with Crippen LogP contribution in [-0.2, 0) is 4.74 Å². The Morgan fingerprint density at radius 2 is 1.92 bits per heavy atom. The van der Waals surface area contributed by atoms with Crippen molar-refractivity contribution in [3.8, 4) is 0 Å². The minimum Gasteiger partial charge on any atom is -0.373 e. The second-order valence-corrected chi connectivity index (χ2v) is 4.48. The van der Waals surface area contributed by atoms with E-state index in [0.29, 0.717) is 12.0 Å². The molecule has 0 bridgehead atoms. The van der Waals surface area contributed by atoms with Gasteiger partial charge in [-0.2, -0.15) is 0 Å². The first-order chi connectivity index (χ1) is 6.38. The fraction of sp³-hybridized carbons (Fsp3) is 0.833. The number of ether oxygens (including phenoxy) is 1. The molecule has 0 unspecified atom stereocenters. The summed E-state index contributed by atoms with van der Waals surface area (Å²) in [6.45, 7) is 3.13. The van der Waals surface area contributed by atoms with Gasteiger partial charge in [0.05, 0.1) is 12.7 Å². The van der Waals surface area contributed by atoms with Crippen molar-refractivity contribution in [1.29, 1.82) is 0 Å². The van der Waals surface area contributed by atoms with Crippen molar-refractivity contribution < 1.29 is 4.74 Å². The van der Waals surface area contributed by atoms with Crippen LogP contribution in [0.1, 0.15) is 39.0 Å². The SMILES string of the molecule is C[C@H]1C=CCO[C@@H]1C1CCCCC1. The van der Waals surface area contributed by atoms with Crippen LogP contribution in [-0.4, -0.2) is 12.7 Å². The van der Waals surface area contributed by atoms with Crippen molar-refractivity contribution in [2.45, 2.75) is 45.1 Å². The van der Waals surface area contributed by atoms with E-state index in [-0.39, 0.29) is 0 Å². The molecule has 1 heteroatoms. The normalized spacial score (nSPS) is 36.4. The summed E-state index contributed by atoms with van der Waals surface area (Å²) in [5, 5.41) is 0. The molecule has 2 rings (SSSR count). The lowest BCUT2D eigenvalue weighted by molar-refractivity contribution is -0.0157. The minimum atomic E-state index is 0.519. The van der Waals surface area contributed by atoms with Crippen molar-refractivity contribution in [3.63, 3.8) is 0 Å². The van der Waals surface area contributed by atoms with Gasteiger partial charge in [0.25, 0.3) is 0 Å². The van der Waals surface area contributed by atoms with E-state index in [2.05, 4.69) is 19.1 Å². The summed E-state index contributed by atoms with van der Waals surface area (Å²) in [7, 11) is 0. The Kier molecular flexibility index (Phi) is 3.05. The molecule has 0 aromatic heterocycles. The molecule has 1 aliphatic carbocycles. The summed E-state index contributed by atoms with van der Waals surface area (Å²) in [6.07, 6.45) is 12.1. The van der Waals surface area contributed by atoms with Crippen LogP contribution < -0.4 is 0 Å². The fourth-order valence-corrected chi connectivity index (χ4v) is 2.73. The smallest absolute Gasteiger partial charge is 0.0667 e. The van der Waals surface area contributed by atoms with E-state index in [0.717, 1.165) is 12.5 Å². The van der Waals surface area contributed by atoms with E-state index in [1.807, 2.05) is 0 Å². The Morgan fingerprint density at radius 1 is 1.15 bits per heavy atom. The maximum atomic E-state index is 5.84. The molecular formula is C12H20O. The first-order valence-electron chi connectivity index (χ1n) is 5.66. The topological polar surface area (TPSA) is 9.23 Å². The quantitative estimate of drug-likeness (QED) is 0.563. The first kappa shape index (κ1) is 9.26. The molecule has 1 heterocycles. The highest BCUT2D eigenvalue weighted by Gasteiger charge is 2.28. The molecule has 2 atom stereocenters. The van der Waals surface area contributed by atoms with Crippen LogP contribution in [0.5, 0.6) is 0 Å². The predicted molar refractivity (Wildman–Crippen MR) is 54.6 cm³/mol. The lowest BCUT2D eigenvalue weighted by atomic mass is 9.80. The van der Waals surface area contributed by atoms with Crippen LogP contribution in [0.4, 0.5) is 0 Å². The van der Waals surface area contributed by atoms with Gasteiger partial charge in [-0.15, -0.1) is 0 Å². The first-order valence-corrected chi connectivity index (χ1v) is 5.66. The zero-order chi connectivity index (χ0) is 9.10. The van der Waals surface area contributed by atoms with Crippen LogP contribution in [0.15, 0.2) is 12.2 Å². The van der Waals surface area contributed by atoms with Crippen LogP contribution >= 0.6 is 0 Å². The lowest BCUT2D eigenvalue weighted by Gasteiger charge is -2.34. The molecule has 1 saturated carbocycles. The van der Waals surface area contributed by atoms with E-state index < -0.39 is 0 Å². The predicted octanol–water partition coefficient (Wildman–Crippen LogP) is 3.16. The maximum absolute atomic E-state index is 5.84. The van der Waals surface area contributed by atoms with Crippen LogP contribution in [0.25, 0.3) is 0 Å². The molecule has 0 spiro atoms. The third kappa shape index (κ3) is 2.14. The summed E-state index contributed by atoms with van der Waals surface area (Å²) < 4.78 is 5.84. The van der Waals surface area contributed by atoms with Crippen LogP contribution in [0.2, 0.25) is 0 Å². The highest BCUT2D eigenvalue weighted by Crippen LogP contribution is 2.32. The molecule has 0 amide bonds. The minimum absolute atomic E-state index is 0.519. The van der Waals surface area contributed by atoms with Gasteiger partial charge in [-0.3, -0.25) is 0 Å². The zero-order valence-corrected chi connectivity index (χ0v) is 8.54. The molecule has 1 nitrogen and oxygen atoms in total. The molecule has 1 fully saturated rings. The largest absolute Gasteiger partial charge is 0.373 e. The highest BCUT2D eigenvalue weighted by atomic mass is 16.5. The standard InChI is InChI=1S/C12H20O/c1-10-6-5-9-13-12(10)11-7-3-2-4-8-11/h5-6,10-12H,2-4,7-9H2,1H3/t10-,12-/m0/s1. The van der Waals surface area contributed by atoms with Crippen molar-refractivity contribution >= 4 is 0 Å². The average Bonchev–Trinajstić information content (AvgIpc) is 2.20. The van der Waals surface area contributed by atoms with Crippen molar-refractivity contribution in [3.05, 3.63) is 12.2 Å². The van der Waals surface area contributed by atoms with E-state index >= 15 is 0 Å². The average molecular weight is 180 g/mol. The third-order valence-corrected chi connectivity index (χ3v) is 3.46. The highest BCUT2D eigenvalue weighted by molar-refractivity contribution is 4.97. The fourth-order valence-electron chi connectivity index (χ4n) is 2.73. The number of hydrogen-bond donors (Lipinski definition) is 0. The van der Waals surface area contributed by atoms with Crippen molar-refractivity contribution in [2.24, 2.45) is 11.8 Å².